The van der Waals surface area contributed by atoms with E-state index in [1.807, 2.05) is 45.9 Å². The highest BCUT2D eigenvalue weighted by atomic mass is 16.2. The maximum absolute atomic E-state index is 12.6. The molecular weight excluding hydrogens is 290 g/mol. The van der Waals surface area contributed by atoms with E-state index in [0.29, 0.717) is 12.1 Å². The number of amides is 2. The molecule has 0 fully saturated rings. The van der Waals surface area contributed by atoms with Crippen molar-refractivity contribution in [2.75, 3.05) is 13.6 Å². The molecular formula is C18H29N3O2. The lowest BCUT2D eigenvalue weighted by molar-refractivity contribution is -0.127. The van der Waals surface area contributed by atoms with Gasteiger partial charge in [0.25, 0.3) is 5.91 Å². The molecule has 0 radical (unpaired) electrons. The lowest BCUT2D eigenvalue weighted by Gasteiger charge is -2.32. The van der Waals surface area contributed by atoms with Crippen LogP contribution in [0.3, 0.4) is 0 Å². The van der Waals surface area contributed by atoms with Gasteiger partial charge in [-0.05, 0) is 31.9 Å². The second-order valence-corrected chi connectivity index (χ2v) is 6.82. The van der Waals surface area contributed by atoms with E-state index in [4.69, 9.17) is 5.73 Å². The van der Waals surface area contributed by atoms with Crippen molar-refractivity contribution in [2.24, 2.45) is 11.7 Å². The van der Waals surface area contributed by atoms with Crippen molar-refractivity contribution < 1.29 is 9.59 Å². The van der Waals surface area contributed by atoms with Crippen molar-refractivity contribution in [3.8, 4) is 0 Å². The number of hydrogen-bond donors (Lipinski definition) is 2. The largest absolute Gasteiger partial charge is 0.352 e. The second-order valence-electron chi connectivity index (χ2n) is 6.82. The van der Waals surface area contributed by atoms with Crippen molar-refractivity contribution >= 4 is 11.8 Å². The third-order valence-electron chi connectivity index (χ3n) is 3.93. The molecule has 5 nitrogen and oxygen atoms in total. The Kier molecular flexibility index (Phi) is 6.76. The molecule has 0 bridgehead atoms. The van der Waals surface area contributed by atoms with Crippen molar-refractivity contribution in [3.63, 3.8) is 0 Å². The fraction of sp³-hybridized carbons (Fsp3) is 0.556. The van der Waals surface area contributed by atoms with E-state index in [9.17, 15) is 9.59 Å². The monoisotopic (exact) mass is 319 g/mol. The fourth-order valence-electron chi connectivity index (χ4n) is 2.37. The van der Waals surface area contributed by atoms with Gasteiger partial charge in [-0.25, -0.2) is 0 Å². The van der Waals surface area contributed by atoms with Gasteiger partial charge in [-0.1, -0.05) is 38.5 Å². The first-order valence-electron chi connectivity index (χ1n) is 8.06. The number of hydrogen-bond acceptors (Lipinski definition) is 3. The van der Waals surface area contributed by atoms with Crippen LogP contribution in [0.15, 0.2) is 30.3 Å². The van der Waals surface area contributed by atoms with Gasteiger partial charge in [0.1, 0.15) is 6.04 Å². The highest BCUT2D eigenvalue weighted by molar-refractivity contribution is 5.97. The number of carbonyl (C=O) groups is 2. The Balaban J connectivity index is 2.92. The quantitative estimate of drug-likeness (QED) is 0.807. The molecule has 0 aromatic heterocycles. The number of nitrogens with two attached hydrogens (primary N) is 1. The van der Waals surface area contributed by atoms with Crippen LogP contribution in [0.25, 0.3) is 0 Å². The van der Waals surface area contributed by atoms with E-state index in [0.717, 1.165) is 6.42 Å². The molecule has 0 spiro atoms. The number of nitrogens with one attached hydrogen (secondary N) is 1. The highest BCUT2D eigenvalue weighted by Gasteiger charge is 2.32. The van der Waals surface area contributed by atoms with Gasteiger partial charge in [-0.2, -0.15) is 0 Å². The molecule has 2 atom stereocenters. The first-order valence-corrected chi connectivity index (χ1v) is 8.06. The summed E-state index contributed by atoms with van der Waals surface area (Å²) in [6.07, 6.45) is 0.802. The molecule has 0 heterocycles. The van der Waals surface area contributed by atoms with E-state index < -0.39 is 11.6 Å². The molecule has 0 unspecified atom stereocenters. The average Bonchev–Trinajstić information content (AvgIpc) is 2.52. The summed E-state index contributed by atoms with van der Waals surface area (Å²) in [6.45, 7) is 8.06. The summed E-state index contributed by atoms with van der Waals surface area (Å²) in [6, 6.07) is 8.49. The molecule has 0 saturated carbocycles. The van der Waals surface area contributed by atoms with Gasteiger partial charge in [-0.3, -0.25) is 9.59 Å². The molecule has 5 heteroatoms. The number of carbonyl (C=O) groups excluding carboxylic acids is 2. The number of likely N-dealkylation sites (N-methyl/N-ethyl adjacent to an activating group) is 1. The van der Waals surface area contributed by atoms with E-state index in [-0.39, 0.29) is 17.7 Å². The Hall–Kier alpha value is -1.88. The lowest BCUT2D eigenvalue weighted by Crippen LogP contribution is -2.54. The van der Waals surface area contributed by atoms with Crippen molar-refractivity contribution in [3.05, 3.63) is 35.9 Å². The van der Waals surface area contributed by atoms with E-state index in [2.05, 4.69) is 5.32 Å². The lowest BCUT2D eigenvalue weighted by atomic mass is 9.96. The van der Waals surface area contributed by atoms with Gasteiger partial charge in [0.15, 0.2) is 0 Å². The molecule has 3 N–H and O–H groups in total. The van der Waals surface area contributed by atoms with Crippen molar-refractivity contribution in [2.45, 2.75) is 45.7 Å². The minimum atomic E-state index is -0.518. The SMILES string of the molecule is CC[C@H](C)[C@@H](C(=O)NCC(C)(C)N)N(C)C(=O)c1ccccc1. The van der Waals surface area contributed by atoms with Crippen LogP contribution in [0.4, 0.5) is 0 Å². The molecule has 0 aliphatic carbocycles. The number of benzene rings is 1. The van der Waals surface area contributed by atoms with Gasteiger partial charge < -0.3 is 16.0 Å². The van der Waals surface area contributed by atoms with Crippen molar-refractivity contribution in [1.29, 1.82) is 0 Å². The number of rotatable bonds is 7. The topological polar surface area (TPSA) is 75.4 Å². The summed E-state index contributed by atoms with van der Waals surface area (Å²) in [5.74, 6) is -0.267. The highest BCUT2D eigenvalue weighted by Crippen LogP contribution is 2.17. The smallest absolute Gasteiger partial charge is 0.254 e. The third kappa shape index (κ3) is 5.67. The molecule has 23 heavy (non-hydrogen) atoms. The van der Waals surface area contributed by atoms with Gasteiger partial charge >= 0.3 is 0 Å². The zero-order valence-corrected chi connectivity index (χ0v) is 14.8. The van der Waals surface area contributed by atoms with Crippen molar-refractivity contribution in [1.82, 2.24) is 10.2 Å². The van der Waals surface area contributed by atoms with Crippen LogP contribution in [0.5, 0.6) is 0 Å². The standard InChI is InChI=1S/C18H29N3O2/c1-6-13(2)15(16(22)20-12-18(3,4)19)21(5)17(23)14-10-8-7-9-11-14/h7-11,13,15H,6,12,19H2,1-5H3,(H,20,22)/t13-,15-/m0/s1. The Labute approximate surface area is 139 Å². The first kappa shape index (κ1) is 19.2. The molecule has 128 valence electrons. The van der Waals surface area contributed by atoms with Gasteiger partial charge in [-0.15, -0.1) is 0 Å². The summed E-state index contributed by atoms with van der Waals surface area (Å²) >= 11 is 0. The predicted molar refractivity (Wildman–Crippen MR) is 93.1 cm³/mol. The molecule has 0 saturated heterocycles. The molecule has 2 amide bonds. The van der Waals surface area contributed by atoms with E-state index in [1.165, 1.54) is 4.90 Å². The first-order chi connectivity index (χ1) is 10.7. The molecule has 0 aliphatic rings. The van der Waals surface area contributed by atoms with Crippen LogP contribution >= 0.6 is 0 Å². The fourth-order valence-corrected chi connectivity index (χ4v) is 2.37. The average molecular weight is 319 g/mol. The summed E-state index contributed by atoms with van der Waals surface area (Å²) < 4.78 is 0. The molecule has 1 rings (SSSR count). The summed E-state index contributed by atoms with van der Waals surface area (Å²) in [7, 11) is 1.68. The van der Waals surface area contributed by atoms with Gasteiger partial charge in [0, 0.05) is 24.7 Å². The normalized spacial score (nSPS) is 14.0. The van der Waals surface area contributed by atoms with Crippen LogP contribution in [0.1, 0.15) is 44.5 Å². The minimum absolute atomic E-state index is 0.0496. The Morgan fingerprint density at radius 2 is 1.83 bits per heavy atom. The molecule has 0 aliphatic heterocycles. The predicted octanol–water partition coefficient (Wildman–Crippen LogP) is 2.03. The third-order valence-corrected chi connectivity index (χ3v) is 3.93. The minimum Gasteiger partial charge on any atom is -0.352 e. The van der Waals surface area contributed by atoms with E-state index in [1.54, 1.807) is 19.2 Å². The van der Waals surface area contributed by atoms with Crippen LogP contribution in [0.2, 0.25) is 0 Å². The van der Waals surface area contributed by atoms with Gasteiger partial charge in [0.05, 0.1) is 0 Å². The zero-order chi connectivity index (χ0) is 17.6. The second kappa shape index (κ2) is 8.11. The summed E-state index contributed by atoms with van der Waals surface area (Å²) in [5, 5.41) is 2.87. The summed E-state index contributed by atoms with van der Waals surface area (Å²) in [4.78, 5) is 26.8. The maximum Gasteiger partial charge on any atom is 0.254 e. The molecule has 1 aromatic rings. The number of nitrogens with zero attached hydrogens (tertiary/aromatic N) is 1. The van der Waals surface area contributed by atoms with Crippen LogP contribution in [-0.2, 0) is 4.79 Å². The van der Waals surface area contributed by atoms with Gasteiger partial charge in [0.2, 0.25) is 5.91 Å². The van der Waals surface area contributed by atoms with Crippen LogP contribution < -0.4 is 11.1 Å². The summed E-state index contributed by atoms with van der Waals surface area (Å²) in [5.41, 5.74) is 6.01. The zero-order valence-electron chi connectivity index (χ0n) is 14.8. The van der Waals surface area contributed by atoms with Crippen LogP contribution in [0, 0.1) is 5.92 Å². The maximum atomic E-state index is 12.6. The Bertz CT molecular complexity index is 523. The Morgan fingerprint density at radius 3 is 2.30 bits per heavy atom. The molecule has 1 aromatic carbocycles. The van der Waals surface area contributed by atoms with E-state index >= 15 is 0 Å². The Morgan fingerprint density at radius 1 is 1.26 bits per heavy atom. The van der Waals surface area contributed by atoms with Crippen LogP contribution in [-0.4, -0.2) is 41.9 Å².